The predicted octanol–water partition coefficient (Wildman–Crippen LogP) is 4.47. The second-order valence-corrected chi connectivity index (χ2v) is 7.74. The fourth-order valence-electron chi connectivity index (χ4n) is 2.85. The molecule has 0 heterocycles. The van der Waals surface area contributed by atoms with Gasteiger partial charge in [-0.15, -0.1) is 0 Å². The second-order valence-electron chi connectivity index (χ2n) is 6.87. The van der Waals surface area contributed by atoms with E-state index >= 15 is 0 Å². The number of carbonyl (C=O) groups excluding carboxylic acids is 3. The molecule has 0 aliphatic carbocycles. The molecule has 0 radical (unpaired) electrons. The first kappa shape index (κ1) is 24.8. The molecule has 3 rings (SSSR count). The van der Waals surface area contributed by atoms with Gasteiger partial charge in [-0.1, -0.05) is 59.6 Å². The van der Waals surface area contributed by atoms with Crippen LogP contribution in [0.15, 0.2) is 78.9 Å². The molecule has 1 amide bonds. The van der Waals surface area contributed by atoms with Gasteiger partial charge in [0.1, 0.15) is 0 Å². The highest BCUT2D eigenvalue weighted by molar-refractivity contribution is 6.35. The lowest BCUT2D eigenvalue weighted by Gasteiger charge is -2.23. The van der Waals surface area contributed by atoms with Crippen LogP contribution in [-0.2, 0) is 19.1 Å². The number of hydrogen-bond acceptors (Lipinski definition) is 6. The Balaban J connectivity index is 1.91. The molecule has 3 aromatic rings. The Hall–Kier alpha value is -3.88. The first-order valence-corrected chi connectivity index (χ1v) is 10.5. The van der Waals surface area contributed by atoms with Crippen LogP contribution in [0.3, 0.4) is 0 Å². The average molecular weight is 502 g/mol. The van der Waals surface area contributed by atoms with Gasteiger partial charge >= 0.3 is 17.9 Å². The SMILES string of the molecule is O=C(O[C@H](C(=O)Nc1cc(Cl)cc(Cl)c1)[C@@H](OC(=O)c1ccccc1)C(=O)O)c1ccccc1. The van der Waals surface area contributed by atoms with Gasteiger partial charge < -0.3 is 19.9 Å². The fourth-order valence-corrected chi connectivity index (χ4v) is 3.38. The number of amides is 1. The Morgan fingerprint density at radius 3 is 1.59 bits per heavy atom. The van der Waals surface area contributed by atoms with Crippen LogP contribution in [0.25, 0.3) is 0 Å². The maximum atomic E-state index is 13.0. The van der Waals surface area contributed by atoms with E-state index in [1.54, 1.807) is 36.4 Å². The molecule has 0 spiro atoms. The van der Waals surface area contributed by atoms with Gasteiger partial charge in [-0.2, -0.15) is 0 Å². The minimum absolute atomic E-state index is 0.0453. The third-order valence-corrected chi connectivity index (χ3v) is 4.83. The van der Waals surface area contributed by atoms with Gasteiger partial charge in [0.25, 0.3) is 5.91 Å². The van der Waals surface area contributed by atoms with Crippen molar-refractivity contribution in [1.82, 2.24) is 0 Å². The van der Waals surface area contributed by atoms with Crippen LogP contribution in [0.2, 0.25) is 10.0 Å². The maximum absolute atomic E-state index is 13.0. The quantitative estimate of drug-likeness (QED) is 0.437. The normalized spacial score (nSPS) is 12.2. The van der Waals surface area contributed by atoms with E-state index in [4.69, 9.17) is 32.7 Å². The highest BCUT2D eigenvalue weighted by Gasteiger charge is 2.41. The number of aliphatic carboxylic acids is 1. The molecule has 8 nitrogen and oxygen atoms in total. The van der Waals surface area contributed by atoms with Crippen LogP contribution >= 0.6 is 23.2 Å². The first-order valence-electron chi connectivity index (χ1n) is 9.76. The lowest BCUT2D eigenvalue weighted by molar-refractivity contribution is -0.157. The van der Waals surface area contributed by atoms with Crippen LogP contribution in [0.1, 0.15) is 20.7 Å². The lowest BCUT2D eigenvalue weighted by atomic mass is 10.1. The van der Waals surface area contributed by atoms with Gasteiger partial charge in [0.15, 0.2) is 0 Å². The van der Waals surface area contributed by atoms with Gasteiger partial charge in [-0.05, 0) is 42.5 Å². The summed E-state index contributed by atoms with van der Waals surface area (Å²) < 4.78 is 10.3. The highest BCUT2D eigenvalue weighted by atomic mass is 35.5. The molecule has 10 heteroatoms. The summed E-state index contributed by atoms with van der Waals surface area (Å²) in [6.45, 7) is 0. The van der Waals surface area contributed by atoms with Crippen molar-refractivity contribution in [3.05, 3.63) is 100 Å². The van der Waals surface area contributed by atoms with E-state index in [0.717, 1.165) is 0 Å². The molecule has 0 saturated heterocycles. The number of benzene rings is 3. The second kappa shape index (κ2) is 11.3. The summed E-state index contributed by atoms with van der Waals surface area (Å²) >= 11 is 11.9. The third kappa shape index (κ3) is 6.57. The molecule has 2 N–H and O–H groups in total. The van der Waals surface area contributed by atoms with E-state index in [0.29, 0.717) is 0 Å². The molecule has 2 atom stereocenters. The van der Waals surface area contributed by atoms with Gasteiger partial charge in [0.05, 0.1) is 11.1 Å². The summed E-state index contributed by atoms with van der Waals surface area (Å²) in [6.07, 6.45) is -4.20. The summed E-state index contributed by atoms with van der Waals surface area (Å²) in [5.74, 6) is -4.79. The summed E-state index contributed by atoms with van der Waals surface area (Å²) in [5.41, 5.74) is 0.218. The molecule has 0 bridgehead atoms. The predicted molar refractivity (Wildman–Crippen MR) is 124 cm³/mol. The van der Waals surface area contributed by atoms with Crippen molar-refractivity contribution < 1.29 is 33.8 Å². The number of rotatable bonds is 8. The van der Waals surface area contributed by atoms with Gasteiger partial charge in [0, 0.05) is 15.7 Å². The Morgan fingerprint density at radius 1 is 0.706 bits per heavy atom. The van der Waals surface area contributed by atoms with Gasteiger partial charge in [0.2, 0.25) is 12.2 Å². The molecule has 0 unspecified atom stereocenters. The van der Waals surface area contributed by atoms with Crippen molar-refractivity contribution in [2.75, 3.05) is 5.32 Å². The molecule has 3 aromatic carbocycles. The number of carbonyl (C=O) groups is 4. The van der Waals surface area contributed by atoms with Crippen molar-refractivity contribution in [2.24, 2.45) is 0 Å². The van der Waals surface area contributed by atoms with Crippen LogP contribution < -0.4 is 5.32 Å². The minimum Gasteiger partial charge on any atom is -0.478 e. The number of carboxylic acid groups (broad SMARTS) is 1. The smallest absolute Gasteiger partial charge is 0.349 e. The van der Waals surface area contributed by atoms with Crippen LogP contribution in [0.4, 0.5) is 5.69 Å². The van der Waals surface area contributed by atoms with E-state index < -0.39 is 36.0 Å². The van der Waals surface area contributed by atoms with E-state index in [1.165, 1.54) is 42.5 Å². The van der Waals surface area contributed by atoms with E-state index in [2.05, 4.69) is 5.32 Å². The van der Waals surface area contributed by atoms with Gasteiger partial charge in [-0.25, -0.2) is 14.4 Å². The standard InChI is InChI=1S/C24H17Cl2NO7/c25-16-11-17(26)13-18(12-16)27-21(28)19(33-23(31)14-7-3-1-4-8-14)20(22(29)30)34-24(32)15-9-5-2-6-10-15/h1-13,19-20H,(H,27,28)(H,29,30)/t19-,20+/m0/s1. The zero-order chi connectivity index (χ0) is 24.7. The number of esters is 2. The molecule has 174 valence electrons. The molecular weight excluding hydrogens is 485 g/mol. The Kier molecular flexibility index (Phi) is 8.24. The molecule has 0 fully saturated rings. The summed E-state index contributed by atoms with van der Waals surface area (Å²) in [5, 5.41) is 12.5. The molecule has 0 saturated carbocycles. The van der Waals surface area contributed by atoms with Crippen molar-refractivity contribution in [2.45, 2.75) is 12.2 Å². The van der Waals surface area contributed by atoms with Crippen LogP contribution in [0, 0.1) is 0 Å². The number of halogens is 2. The topological polar surface area (TPSA) is 119 Å². The summed E-state index contributed by atoms with van der Waals surface area (Å²) in [7, 11) is 0. The zero-order valence-corrected chi connectivity index (χ0v) is 18.8. The molecule has 34 heavy (non-hydrogen) atoms. The zero-order valence-electron chi connectivity index (χ0n) is 17.3. The van der Waals surface area contributed by atoms with E-state index in [9.17, 15) is 24.3 Å². The van der Waals surface area contributed by atoms with Crippen molar-refractivity contribution in [3.8, 4) is 0 Å². The lowest BCUT2D eigenvalue weighted by Crippen LogP contribution is -2.48. The molecular formula is C24H17Cl2NO7. The van der Waals surface area contributed by atoms with Crippen molar-refractivity contribution in [3.63, 3.8) is 0 Å². The average Bonchev–Trinajstić information content (AvgIpc) is 2.81. The van der Waals surface area contributed by atoms with E-state index in [-0.39, 0.29) is 26.9 Å². The number of hydrogen-bond donors (Lipinski definition) is 2. The Morgan fingerprint density at radius 2 is 1.15 bits per heavy atom. The summed E-state index contributed by atoms with van der Waals surface area (Å²) in [4.78, 5) is 50.2. The number of nitrogens with one attached hydrogen (secondary N) is 1. The number of ether oxygens (including phenoxy) is 2. The molecule has 0 aliphatic heterocycles. The fraction of sp³-hybridized carbons (Fsp3) is 0.0833. The summed E-state index contributed by atoms with van der Waals surface area (Å²) in [6, 6.07) is 19.3. The molecule has 0 aromatic heterocycles. The van der Waals surface area contributed by atoms with Crippen LogP contribution in [0.5, 0.6) is 0 Å². The largest absolute Gasteiger partial charge is 0.478 e. The maximum Gasteiger partial charge on any atom is 0.349 e. The third-order valence-electron chi connectivity index (χ3n) is 4.39. The number of anilines is 1. The first-order chi connectivity index (χ1) is 16.2. The van der Waals surface area contributed by atoms with Crippen molar-refractivity contribution >= 4 is 52.7 Å². The minimum atomic E-state index is -2.16. The Bertz CT molecular complexity index is 1180. The Labute approximate surface area is 204 Å². The van der Waals surface area contributed by atoms with Crippen molar-refractivity contribution in [1.29, 1.82) is 0 Å². The highest BCUT2D eigenvalue weighted by Crippen LogP contribution is 2.23. The molecule has 0 aliphatic rings. The number of carboxylic acids is 1. The van der Waals surface area contributed by atoms with Gasteiger partial charge in [-0.3, -0.25) is 4.79 Å². The van der Waals surface area contributed by atoms with E-state index in [1.807, 2.05) is 0 Å². The monoisotopic (exact) mass is 501 g/mol. The van der Waals surface area contributed by atoms with Crippen LogP contribution in [-0.4, -0.2) is 41.1 Å².